The lowest BCUT2D eigenvalue weighted by molar-refractivity contribution is -0.138. The normalized spacial score (nSPS) is 19.9. The van der Waals surface area contributed by atoms with Gasteiger partial charge in [-0.25, -0.2) is 0 Å². The number of hydrogen-bond donors (Lipinski definition) is 5. The molecule has 2 aromatic rings. The van der Waals surface area contributed by atoms with Gasteiger partial charge in [0.2, 0.25) is 23.6 Å². The van der Waals surface area contributed by atoms with Gasteiger partial charge in [0.25, 0.3) is 5.56 Å². The van der Waals surface area contributed by atoms with E-state index < -0.39 is 59.8 Å². The van der Waals surface area contributed by atoms with Gasteiger partial charge in [-0.1, -0.05) is 38.5 Å². The predicted molar refractivity (Wildman–Crippen MR) is 146 cm³/mol. The number of nitrogens with one attached hydrogen (secondary N) is 4. The van der Waals surface area contributed by atoms with Gasteiger partial charge in [0, 0.05) is 25.8 Å². The molecule has 1 aromatic carbocycles. The largest absolute Gasteiger partial charge is 0.481 e. The number of carbonyl (C=O) groups excluding carboxylic acids is 4. The van der Waals surface area contributed by atoms with Crippen LogP contribution in [0.5, 0.6) is 0 Å². The molecule has 0 spiro atoms. The second-order valence-electron chi connectivity index (χ2n) is 10.7. The molecule has 2 aliphatic rings. The number of aryl methyl sites for hydroxylation is 1. The second kappa shape index (κ2) is 12.4. The van der Waals surface area contributed by atoms with E-state index in [1.165, 1.54) is 18.1 Å². The van der Waals surface area contributed by atoms with Crippen LogP contribution in [0.2, 0.25) is 0 Å². The van der Waals surface area contributed by atoms with E-state index in [9.17, 15) is 33.9 Å². The molecule has 1 aromatic heterocycles. The van der Waals surface area contributed by atoms with Gasteiger partial charge in [0.1, 0.15) is 24.4 Å². The fourth-order valence-electron chi connectivity index (χ4n) is 5.52. The monoisotopic (exact) mass is 569 g/mol. The number of aromatic amines is 1. The van der Waals surface area contributed by atoms with Gasteiger partial charge in [-0.05, 0) is 29.9 Å². The number of carboxylic acids is 1. The van der Waals surface area contributed by atoms with Gasteiger partial charge < -0.3 is 25.6 Å². The Morgan fingerprint density at radius 3 is 2.54 bits per heavy atom. The Morgan fingerprint density at radius 2 is 1.90 bits per heavy atom. The van der Waals surface area contributed by atoms with Gasteiger partial charge in [-0.2, -0.15) is 5.16 Å². The Morgan fingerprint density at radius 1 is 1.17 bits per heavy atom. The number of aromatic nitrogens is 1. The van der Waals surface area contributed by atoms with Crippen molar-refractivity contribution in [1.29, 1.82) is 0 Å². The number of carbonyl (C=O) groups is 5. The minimum atomic E-state index is -1.17. The number of aliphatic carboxylic acids is 1. The van der Waals surface area contributed by atoms with Crippen LogP contribution < -0.4 is 26.4 Å². The Balaban J connectivity index is 1.59. The highest BCUT2D eigenvalue weighted by atomic mass is 16.5. The van der Waals surface area contributed by atoms with Crippen molar-refractivity contribution in [3.63, 3.8) is 0 Å². The number of benzene rings is 1. The average molecular weight is 570 g/mol. The molecule has 4 rings (SSSR count). The van der Waals surface area contributed by atoms with E-state index >= 15 is 0 Å². The summed E-state index contributed by atoms with van der Waals surface area (Å²) in [5.41, 5.74) is 1.92. The number of amides is 4. The molecule has 5 atom stereocenters. The molecule has 0 bridgehead atoms. The first-order valence-electron chi connectivity index (χ1n) is 13.7. The molecule has 0 radical (unpaired) electrons. The first-order valence-corrected chi connectivity index (χ1v) is 13.7. The molecular formula is C28H35N5O8. The number of nitrogens with zero attached hydrogens (tertiary/aromatic N) is 1. The molecule has 0 saturated heterocycles. The van der Waals surface area contributed by atoms with E-state index in [0.717, 1.165) is 11.1 Å². The third kappa shape index (κ3) is 6.50. The van der Waals surface area contributed by atoms with E-state index in [1.54, 1.807) is 0 Å². The van der Waals surface area contributed by atoms with Crippen LogP contribution in [0, 0.1) is 5.92 Å². The molecule has 220 valence electrons. The minimum absolute atomic E-state index is 0.0818. The van der Waals surface area contributed by atoms with Crippen molar-refractivity contribution in [3.8, 4) is 0 Å². The Labute approximate surface area is 236 Å². The van der Waals surface area contributed by atoms with Crippen LogP contribution >= 0.6 is 0 Å². The number of rotatable bonds is 11. The van der Waals surface area contributed by atoms with Crippen molar-refractivity contribution in [3.05, 3.63) is 51.5 Å². The third-order valence-corrected chi connectivity index (χ3v) is 7.76. The number of hydrogen-bond acceptors (Lipinski definition) is 7. The maximum atomic E-state index is 14.0. The van der Waals surface area contributed by atoms with Crippen LogP contribution in [0.1, 0.15) is 56.7 Å². The maximum Gasteiger partial charge on any atom is 0.305 e. The zero-order valence-electron chi connectivity index (χ0n) is 23.2. The van der Waals surface area contributed by atoms with Crippen LogP contribution in [0.3, 0.4) is 0 Å². The number of carboxylic acid groups (broad SMARTS) is 1. The number of para-hydroxylation sites is 1. The first-order chi connectivity index (χ1) is 19.5. The van der Waals surface area contributed by atoms with Crippen molar-refractivity contribution in [1.82, 2.24) is 21.1 Å². The second-order valence-corrected chi connectivity index (χ2v) is 10.7. The molecule has 41 heavy (non-hydrogen) atoms. The zero-order valence-corrected chi connectivity index (χ0v) is 23.2. The smallest absolute Gasteiger partial charge is 0.305 e. The van der Waals surface area contributed by atoms with E-state index in [-0.39, 0.29) is 30.2 Å². The molecule has 1 unspecified atom stereocenters. The van der Waals surface area contributed by atoms with Crippen molar-refractivity contribution in [2.24, 2.45) is 5.92 Å². The summed E-state index contributed by atoms with van der Waals surface area (Å²) in [4.78, 5) is 77.5. The summed E-state index contributed by atoms with van der Waals surface area (Å²) >= 11 is 0. The third-order valence-electron chi connectivity index (χ3n) is 7.76. The van der Waals surface area contributed by atoms with Crippen molar-refractivity contribution in [2.45, 2.75) is 83.5 Å². The molecule has 5 N–H and O–H groups in total. The molecule has 13 nitrogen and oxygen atoms in total. The Bertz CT molecular complexity index is 1400. The molecule has 4 amide bonds. The fourth-order valence-corrected chi connectivity index (χ4v) is 5.52. The topological polar surface area (TPSA) is 191 Å². The summed E-state index contributed by atoms with van der Waals surface area (Å²) in [6.45, 7) is 5.06. The van der Waals surface area contributed by atoms with Crippen molar-refractivity contribution in [2.75, 3.05) is 4.90 Å². The van der Waals surface area contributed by atoms with Crippen LogP contribution in [0.4, 0.5) is 5.69 Å². The first kappa shape index (κ1) is 29.6. The van der Waals surface area contributed by atoms with Crippen LogP contribution in [0.15, 0.2) is 33.8 Å². The predicted octanol–water partition coefficient (Wildman–Crippen LogP) is 0.410. The van der Waals surface area contributed by atoms with Gasteiger partial charge in [-0.15, -0.1) is 0 Å². The summed E-state index contributed by atoms with van der Waals surface area (Å²) in [5, 5.41) is 19.7. The zero-order chi connectivity index (χ0) is 29.8. The lowest BCUT2D eigenvalue weighted by Gasteiger charge is -2.30. The highest BCUT2D eigenvalue weighted by molar-refractivity contribution is 6.08. The molecule has 13 heteroatoms. The van der Waals surface area contributed by atoms with E-state index in [4.69, 9.17) is 4.52 Å². The molecule has 0 fully saturated rings. The summed E-state index contributed by atoms with van der Waals surface area (Å²) in [6.07, 6.45) is 2.24. The van der Waals surface area contributed by atoms with Crippen LogP contribution in [0.25, 0.3) is 0 Å². The van der Waals surface area contributed by atoms with Gasteiger partial charge in [0.15, 0.2) is 0 Å². The van der Waals surface area contributed by atoms with Crippen molar-refractivity contribution >= 4 is 35.3 Å². The Hall–Kier alpha value is -4.42. The fraction of sp³-hybridized carbons (Fsp3) is 0.500. The number of anilines is 1. The molecule has 3 heterocycles. The molecule has 0 saturated carbocycles. The summed E-state index contributed by atoms with van der Waals surface area (Å²) in [5.74, 6) is -3.23. The lowest BCUT2D eigenvalue weighted by atomic mass is 9.97. The highest BCUT2D eigenvalue weighted by Crippen LogP contribution is 2.39. The van der Waals surface area contributed by atoms with E-state index in [0.29, 0.717) is 24.9 Å². The lowest BCUT2D eigenvalue weighted by Crippen LogP contribution is -2.58. The summed E-state index contributed by atoms with van der Waals surface area (Å²) in [7, 11) is 0. The van der Waals surface area contributed by atoms with Crippen LogP contribution in [-0.2, 0) is 43.2 Å². The van der Waals surface area contributed by atoms with Gasteiger partial charge in [0.05, 0.1) is 17.7 Å². The molecule has 0 aliphatic carbocycles. The number of H-pyrrole nitrogens is 1. The van der Waals surface area contributed by atoms with E-state index in [2.05, 4.69) is 21.1 Å². The van der Waals surface area contributed by atoms with E-state index in [1.807, 2.05) is 32.0 Å². The molecule has 2 aliphatic heterocycles. The van der Waals surface area contributed by atoms with Gasteiger partial charge >= 0.3 is 5.97 Å². The van der Waals surface area contributed by atoms with Crippen molar-refractivity contribution < 1.29 is 33.6 Å². The summed E-state index contributed by atoms with van der Waals surface area (Å²) in [6, 6.07) is 1.86. The standard InChI is InChI=1S/C28H35N5O8/c1-4-14(2)23(29-15(3)34)27(39)31-20-9-8-16-6-5-7-17-11-21(33(24(16)17)28(20)40)26(38)30-19(12-22(35)36)10-18-13-41-32-25(18)37/h5-7,13-14,19-21,23H,4,8-12H2,1-3H3,(H,29,34)(H,30,38)(H,31,39)(H,32,37)(H,35,36)/t14-,19+,20?,21-,23-/m0/s1. The SMILES string of the molecule is CC[C@H](C)[C@H](NC(C)=O)C(=O)NC1CCc2cccc3c2N(C1=O)[C@H](C(=O)N[C@@H](CC(=O)O)Cc1co[nH]c1=O)C3. The average Bonchev–Trinajstić information content (AvgIpc) is 3.47. The molecular weight excluding hydrogens is 534 g/mol. The highest BCUT2D eigenvalue weighted by Gasteiger charge is 2.45. The minimum Gasteiger partial charge on any atom is -0.481 e. The summed E-state index contributed by atoms with van der Waals surface area (Å²) < 4.78 is 4.78. The van der Waals surface area contributed by atoms with Gasteiger partial charge in [-0.3, -0.25) is 33.7 Å². The quantitative estimate of drug-likeness (QED) is 0.257. The van der Waals surface area contributed by atoms with Crippen LogP contribution in [-0.4, -0.2) is 64.0 Å². The Kier molecular flexibility index (Phi) is 8.94. The maximum absolute atomic E-state index is 14.0.